The lowest BCUT2D eigenvalue weighted by Gasteiger charge is -2.41. The summed E-state index contributed by atoms with van der Waals surface area (Å²) in [6.45, 7) is 5.30. The fraction of sp³-hybridized carbons (Fsp3) is 0.667. The molecule has 1 saturated heterocycles. The van der Waals surface area contributed by atoms with Crippen LogP contribution in [0.1, 0.15) is 31.7 Å². The summed E-state index contributed by atoms with van der Waals surface area (Å²) in [6, 6.07) is 11.8. The monoisotopic (exact) mass is 338 g/mol. The quantitative estimate of drug-likeness (QED) is 0.765. The van der Waals surface area contributed by atoms with Crippen molar-refractivity contribution in [2.45, 2.75) is 44.8 Å². The molecule has 4 nitrogen and oxygen atoms in total. The molecule has 0 N–H and O–H groups in total. The minimum atomic E-state index is -2.84. The molecular formula is C18H30N2O2S. The van der Waals surface area contributed by atoms with Crippen LogP contribution in [-0.4, -0.2) is 62.4 Å². The van der Waals surface area contributed by atoms with Crippen LogP contribution in [0.4, 0.5) is 0 Å². The first-order valence-corrected chi connectivity index (χ1v) is 10.6. The zero-order valence-corrected chi connectivity index (χ0v) is 15.4. The van der Waals surface area contributed by atoms with E-state index in [0.717, 1.165) is 38.9 Å². The molecule has 0 unspecified atom stereocenters. The highest BCUT2D eigenvalue weighted by molar-refractivity contribution is 7.90. The molecule has 0 bridgehead atoms. The van der Waals surface area contributed by atoms with E-state index < -0.39 is 9.84 Å². The van der Waals surface area contributed by atoms with E-state index in [2.05, 4.69) is 54.1 Å². The largest absolute Gasteiger partial charge is 0.303 e. The van der Waals surface area contributed by atoms with Gasteiger partial charge in [0, 0.05) is 31.4 Å². The maximum Gasteiger partial charge on any atom is 0.147 e. The van der Waals surface area contributed by atoms with Gasteiger partial charge in [0.05, 0.1) is 5.75 Å². The van der Waals surface area contributed by atoms with Crippen LogP contribution in [0.15, 0.2) is 30.3 Å². The average molecular weight is 339 g/mol. The Morgan fingerprint density at radius 3 is 2.57 bits per heavy atom. The van der Waals surface area contributed by atoms with Gasteiger partial charge in [0.15, 0.2) is 0 Å². The SMILES string of the molecule is C[C@H]1C[C@@H](N(C)CCCS(C)(=O)=O)CCN1Cc1ccccc1. The number of likely N-dealkylation sites (tertiary alicyclic amines) is 1. The minimum absolute atomic E-state index is 0.291. The molecule has 1 aliphatic rings. The lowest BCUT2D eigenvalue weighted by molar-refractivity contribution is 0.0805. The number of rotatable bonds is 7. The third kappa shape index (κ3) is 6.24. The minimum Gasteiger partial charge on any atom is -0.303 e. The summed E-state index contributed by atoms with van der Waals surface area (Å²) in [6.07, 6.45) is 4.36. The molecular weight excluding hydrogens is 308 g/mol. The van der Waals surface area contributed by atoms with E-state index in [1.54, 1.807) is 0 Å². The number of hydrogen-bond donors (Lipinski definition) is 0. The van der Waals surface area contributed by atoms with Crippen LogP contribution in [0, 0.1) is 0 Å². The zero-order chi connectivity index (χ0) is 16.9. The van der Waals surface area contributed by atoms with Gasteiger partial charge in [-0.1, -0.05) is 30.3 Å². The Morgan fingerprint density at radius 2 is 1.96 bits per heavy atom. The molecule has 2 rings (SSSR count). The molecule has 2 atom stereocenters. The Kier molecular flexibility index (Phi) is 6.62. The van der Waals surface area contributed by atoms with Gasteiger partial charge < -0.3 is 4.90 Å². The molecule has 0 amide bonds. The average Bonchev–Trinajstić information content (AvgIpc) is 2.49. The van der Waals surface area contributed by atoms with Crippen LogP contribution in [0.5, 0.6) is 0 Å². The molecule has 0 saturated carbocycles. The van der Waals surface area contributed by atoms with E-state index in [1.165, 1.54) is 11.8 Å². The van der Waals surface area contributed by atoms with Crippen LogP contribution >= 0.6 is 0 Å². The lowest BCUT2D eigenvalue weighted by Crippen LogP contribution is -2.47. The maximum absolute atomic E-state index is 11.2. The summed E-state index contributed by atoms with van der Waals surface area (Å²) < 4.78 is 22.5. The van der Waals surface area contributed by atoms with Crippen molar-refractivity contribution < 1.29 is 8.42 Å². The van der Waals surface area contributed by atoms with Crippen molar-refractivity contribution in [2.75, 3.05) is 32.1 Å². The first-order valence-electron chi connectivity index (χ1n) is 8.51. The second-order valence-electron chi connectivity index (χ2n) is 6.95. The fourth-order valence-electron chi connectivity index (χ4n) is 3.41. The first-order chi connectivity index (χ1) is 10.8. The van der Waals surface area contributed by atoms with Gasteiger partial charge in [-0.15, -0.1) is 0 Å². The molecule has 0 spiro atoms. The van der Waals surface area contributed by atoms with Crippen molar-refractivity contribution in [3.05, 3.63) is 35.9 Å². The highest BCUT2D eigenvalue weighted by atomic mass is 32.2. The van der Waals surface area contributed by atoms with E-state index in [4.69, 9.17) is 0 Å². The Hall–Kier alpha value is -0.910. The molecule has 23 heavy (non-hydrogen) atoms. The van der Waals surface area contributed by atoms with E-state index in [9.17, 15) is 8.42 Å². The Labute approximate surface area is 141 Å². The Morgan fingerprint density at radius 1 is 1.26 bits per heavy atom. The van der Waals surface area contributed by atoms with Gasteiger partial charge in [-0.25, -0.2) is 8.42 Å². The Balaban J connectivity index is 1.78. The van der Waals surface area contributed by atoms with Crippen molar-refractivity contribution in [1.82, 2.24) is 9.80 Å². The van der Waals surface area contributed by atoms with Crippen molar-refractivity contribution in [2.24, 2.45) is 0 Å². The summed E-state index contributed by atoms with van der Waals surface area (Å²) in [7, 11) is -0.708. The Bertz CT molecular complexity index is 574. The molecule has 1 heterocycles. The summed E-state index contributed by atoms with van der Waals surface area (Å²) in [5, 5.41) is 0. The third-order valence-electron chi connectivity index (χ3n) is 4.86. The van der Waals surface area contributed by atoms with E-state index in [-0.39, 0.29) is 0 Å². The fourth-order valence-corrected chi connectivity index (χ4v) is 4.06. The first kappa shape index (κ1) is 18.4. The number of sulfone groups is 1. The van der Waals surface area contributed by atoms with Crippen molar-refractivity contribution in [3.63, 3.8) is 0 Å². The highest BCUT2D eigenvalue weighted by Crippen LogP contribution is 2.23. The molecule has 130 valence electrons. The van der Waals surface area contributed by atoms with E-state index in [0.29, 0.717) is 17.8 Å². The van der Waals surface area contributed by atoms with Gasteiger partial charge in [-0.2, -0.15) is 0 Å². The number of piperidine rings is 1. The number of hydrogen-bond acceptors (Lipinski definition) is 4. The lowest BCUT2D eigenvalue weighted by atomic mass is 9.96. The topological polar surface area (TPSA) is 40.6 Å². The van der Waals surface area contributed by atoms with Crippen molar-refractivity contribution in [1.29, 1.82) is 0 Å². The van der Waals surface area contributed by atoms with Gasteiger partial charge in [0.25, 0.3) is 0 Å². The number of nitrogens with zero attached hydrogens (tertiary/aromatic N) is 2. The maximum atomic E-state index is 11.2. The van der Waals surface area contributed by atoms with Gasteiger partial charge in [-0.3, -0.25) is 4.90 Å². The van der Waals surface area contributed by atoms with Gasteiger partial charge >= 0.3 is 0 Å². The van der Waals surface area contributed by atoms with Crippen LogP contribution in [-0.2, 0) is 16.4 Å². The molecule has 1 aromatic carbocycles. The van der Waals surface area contributed by atoms with Crippen LogP contribution in [0.25, 0.3) is 0 Å². The van der Waals surface area contributed by atoms with Crippen molar-refractivity contribution in [3.8, 4) is 0 Å². The molecule has 0 aromatic heterocycles. The van der Waals surface area contributed by atoms with Crippen LogP contribution in [0.2, 0.25) is 0 Å². The van der Waals surface area contributed by atoms with E-state index in [1.807, 2.05) is 0 Å². The van der Waals surface area contributed by atoms with Gasteiger partial charge in [-0.05, 0) is 45.3 Å². The molecule has 0 radical (unpaired) electrons. The summed E-state index contributed by atoms with van der Waals surface area (Å²) >= 11 is 0. The molecule has 1 aromatic rings. The predicted octanol–water partition coefficient (Wildman–Crippen LogP) is 2.41. The normalized spacial score (nSPS) is 23.3. The number of benzene rings is 1. The second kappa shape index (κ2) is 8.27. The zero-order valence-electron chi connectivity index (χ0n) is 14.6. The van der Waals surface area contributed by atoms with Gasteiger partial charge in [0.2, 0.25) is 0 Å². The standard InChI is InChI=1S/C18H30N2O2S/c1-16-14-18(19(2)11-7-13-23(3,21)22)10-12-20(16)15-17-8-5-4-6-9-17/h4-6,8-9,16,18H,7,10-15H2,1-3H3/t16-,18-/m0/s1. The molecule has 1 fully saturated rings. The van der Waals surface area contributed by atoms with Crippen LogP contribution in [0.3, 0.4) is 0 Å². The smallest absolute Gasteiger partial charge is 0.147 e. The second-order valence-corrected chi connectivity index (χ2v) is 9.21. The molecule has 1 aliphatic heterocycles. The van der Waals surface area contributed by atoms with Gasteiger partial charge in [0.1, 0.15) is 9.84 Å². The summed E-state index contributed by atoms with van der Waals surface area (Å²) in [4.78, 5) is 4.90. The summed E-state index contributed by atoms with van der Waals surface area (Å²) in [5.41, 5.74) is 1.37. The molecule has 5 heteroatoms. The predicted molar refractivity (Wildman–Crippen MR) is 96.3 cm³/mol. The molecule has 0 aliphatic carbocycles. The van der Waals surface area contributed by atoms with Crippen molar-refractivity contribution >= 4 is 9.84 Å². The summed E-state index contributed by atoms with van der Waals surface area (Å²) in [5.74, 6) is 0.291. The van der Waals surface area contributed by atoms with Crippen LogP contribution < -0.4 is 0 Å². The third-order valence-corrected chi connectivity index (χ3v) is 5.89. The van der Waals surface area contributed by atoms with E-state index >= 15 is 0 Å². The highest BCUT2D eigenvalue weighted by Gasteiger charge is 2.27.